The van der Waals surface area contributed by atoms with Crippen LogP contribution in [0.15, 0.2) is 41.5 Å². The fraction of sp³-hybridized carbons (Fsp3) is 0.176. The average Bonchev–Trinajstić information content (AvgIpc) is 2.52. The minimum absolute atomic E-state index is 0.0915. The Morgan fingerprint density at radius 3 is 2.61 bits per heavy atom. The van der Waals surface area contributed by atoms with Gasteiger partial charge in [-0.2, -0.15) is 5.10 Å². The Balaban J connectivity index is 1.87. The van der Waals surface area contributed by atoms with Gasteiger partial charge in [0.25, 0.3) is 5.91 Å². The van der Waals surface area contributed by atoms with Gasteiger partial charge in [0.15, 0.2) is 6.61 Å². The number of nitrogens with zero attached hydrogens (tertiary/aromatic N) is 1. The number of ether oxygens (including phenoxy) is 1. The number of nitrogens with one attached hydrogen (secondary N) is 1. The first kappa shape index (κ1) is 16.8. The zero-order chi connectivity index (χ0) is 16.8. The van der Waals surface area contributed by atoms with Crippen molar-refractivity contribution in [1.29, 1.82) is 0 Å². The van der Waals surface area contributed by atoms with E-state index in [1.807, 2.05) is 13.8 Å². The molecule has 0 aliphatic heterocycles. The Labute approximate surface area is 139 Å². The number of phenols is 1. The molecule has 0 atom stereocenters. The summed E-state index contributed by atoms with van der Waals surface area (Å²) in [7, 11) is 0. The molecule has 5 nitrogen and oxygen atoms in total. The molecule has 2 aromatic rings. The van der Waals surface area contributed by atoms with Crippen LogP contribution in [0, 0.1) is 13.8 Å². The highest BCUT2D eigenvalue weighted by molar-refractivity contribution is 6.32. The largest absolute Gasteiger partial charge is 0.507 e. The van der Waals surface area contributed by atoms with E-state index in [1.54, 1.807) is 30.3 Å². The van der Waals surface area contributed by atoms with Gasteiger partial charge in [-0.1, -0.05) is 23.7 Å². The molecule has 2 aromatic carbocycles. The monoisotopic (exact) mass is 332 g/mol. The fourth-order valence-electron chi connectivity index (χ4n) is 1.94. The summed E-state index contributed by atoms with van der Waals surface area (Å²) >= 11 is 6.08. The maximum absolute atomic E-state index is 11.7. The highest BCUT2D eigenvalue weighted by Gasteiger charge is 2.06. The van der Waals surface area contributed by atoms with Gasteiger partial charge < -0.3 is 9.84 Å². The summed E-state index contributed by atoms with van der Waals surface area (Å²) in [4.78, 5) is 11.7. The average molecular weight is 333 g/mol. The quantitative estimate of drug-likeness (QED) is 0.652. The molecule has 6 heteroatoms. The molecule has 1 amide bonds. The lowest BCUT2D eigenvalue weighted by molar-refractivity contribution is -0.123. The number of phenolic OH excluding ortho intramolecular Hbond substituents is 1. The number of amides is 1. The van der Waals surface area contributed by atoms with Crippen LogP contribution in [0.3, 0.4) is 0 Å². The van der Waals surface area contributed by atoms with Crippen molar-refractivity contribution >= 4 is 23.7 Å². The smallest absolute Gasteiger partial charge is 0.277 e. The van der Waals surface area contributed by atoms with E-state index >= 15 is 0 Å². The first-order chi connectivity index (χ1) is 11.0. The number of para-hydroxylation sites is 1. The molecule has 0 bridgehead atoms. The van der Waals surface area contributed by atoms with Crippen LogP contribution < -0.4 is 10.2 Å². The van der Waals surface area contributed by atoms with Gasteiger partial charge in [0.1, 0.15) is 11.5 Å². The van der Waals surface area contributed by atoms with Crippen molar-refractivity contribution in [2.45, 2.75) is 13.8 Å². The molecule has 2 N–H and O–H groups in total. The number of aromatic hydroxyl groups is 1. The summed E-state index contributed by atoms with van der Waals surface area (Å²) in [6.45, 7) is 3.58. The van der Waals surface area contributed by atoms with Gasteiger partial charge in [0.2, 0.25) is 0 Å². The molecule has 0 fully saturated rings. The maximum atomic E-state index is 11.7. The third kappa shape index (κ3) is 4.72. The summed E-state index contributed by atoms with van der Waals surface area (Å²) in [6, 6.07) is 10.2. The van der Waals surface area contributed by atoms with Crippen molar-refractivity contribution in [3.63, 3.8) is 0 Å². The van der Waals surface area contributed by atoms with Gasteiger partial charge >= 0.3 is 0 Å². The second kappa shape index (κ2) is 7.65. The van der Waals surface area contributed by atoms with Crippen molar-refractivity contribution < 1.29 is 14.6 Å². The Morgan fingerprint density at radius 2 is 1.96 bits per heavy atom. The van der Waals surface area contributed by atoms with E-state index in [-0.39, 0.29) is 12.4 Å². The molecule has 120 valence electrons. The predicted molar refractivity (Wildman–Crippen MR) is 90.3 cm³/mol. The number of halogens is 1. The Kier molecular flexibility index (Phi) is 5.60. The van der Waals surface area contributed by atoms with Crippen molar-refractivity contribution in [2.75, 3.05) is 6.61 Å². The standard InChI is InChI=1S/C17H17ClN2O3/c1-11-7-14(8-12(2)17(11)18)23-10-16(22)20-19-9-13-5-3-4-6-15(13)21/h3-9,21H,10H2,1-2H3,(H,20,22). The van der Waals surface area contributed by atoms with E-state index in [0.29, 0.717) is 16.3 Å². The summed E-state index contributed by atoms with van der Waals surface area (Å²) in [5, 5.41) is 14.0. The molecule has 0 saturated heterocycles. The molecule has 0 aliphatic carbocycles. The van der Waals surface area contributed by atoms with E-state index in [4.69, 9.17) is 16.3 Å². The Bertz CT molecular complexity index is 721. The lowest BCUT2D eigenvalue weighted by atomic mass is 10.1. The molecule has 0 heterocycles. The van der Waals surface area contributed by atoms with Crippen molar-refractivity contribution in [2.24, 2.45) is 5.10 Å². The van der Waals surface area contributed by atoms with Crippen LogP contribution in [0.25, 0.3) is 0 Å². The molecule has 0 saturated carbocycles. The molecule has 0 radical (unpaired) electrons. The highest BCUT2D eigenvalue weighted by atomic mass is 35.5. The van der Waals surface area contributed by atoms with Crippen LogP contribution in [0.5, 0.6) is 11.5 Å². The molecule has 0 unspecified atom stereocenters. The molecule has 0 aromatic heterocycles. The second-order valence-corrected chi connectivity index (χ2v) is 5.39. The van der Waals surface area contributed by atoms with Crippen LogP contribution in [0.4, 0.5) is 0 Å². The number of hydrazone groups is 1. The number of aryl methyl sites for hydroxylation is 2. The number of hydrogen-bond donors (Lipinski definition) is 2. The van der Waals surface area contributed by atoms with Gasteiger partial charge in [-0.25, -0.2) is 5.43 Å². The Hall–Kier alpha value is -2.53. The van der Waals surface area contributed by atoms with Gasteiger partial charge in [-0.3, -0.25) is 4.79 Å². The summed E-state index contributed by atoms with van der Waals surface area (Å²) in [5.74, 6) is 0.264. The van der Waals surface area contributed by atoms with Crippen LogP contribution in [-0.2, 0) is 4.79 Å². The van der Waals surface area contributed by atoms with E-state index in [1.165, 1.54) is 12.3 Å². The van der Waals surface area contributed by atoms with Crippen molar-refractivity contribution in [3.8, 4) is 11.5 Å². The third-order valence-electron chi connectivity index (χ3n) is 3.11. The number of carbonyl (C=O) groups excluding carboxylic acids is 1. The molecule has 23 heavy (non-hydrogen) atoms. The van der Waals surface area contributed by atoms with Crippen molar-refractivity contribution in [3.05, 3.63) is 58.1 Å². The minimum atomic E-state index is -0.401. The van der Waals surface area contributed by atoms with Crippen molar-refractivity contribution in [1.82, 2.24) is 5.43 Å². The highest BCUT2D eigenvalue weighted by Crippen LogP contribution is 2.25. The number of rotatable bonds is 5. The molecule has 0 aliphatic rings. The summed E-state index contributed by atoms with van der Waals surface area (Å²) < 4.78 is 5.42. The summed E-state index contributed by atoms with van der Waals surface area (Å²) in [6.07, 6.45) is 1.36. The number of hydrogen-bond acceptors (Lipinski definition) is 4. The van der Waals surface area contributed by atoms with Gasteiger partial charge in [0, 0.05) is 10.6 Å². The third-order valence-corrected chi connectivity index (χ3v) is 3.71. The topological polar surface area (TPSA) is 70.9 Å². The number of benzene rings is 2. The molecular formula is C17H17ClN2O3. The zero-order valence-corrected chi connectivity index (χ0v) is 13.6. The van der Waals surface area contributed by atoms with Crippen LogP contribution >= 0.6 is 11.6 Å². The maximum Gasteiger partial charge on any atom is 0.277 e. The van der Waals surface area contributed by atoms with Gasteiger partial charge in [-0.05, 0) is 49.2 Å². The van der Waals surface area contributed by atoms with E-state index in [0.717, 1.165) is 11.1 Å². The second-order valence-electron chi connectivity index (χ2n) is 5.01. The lowest BCUT2D eigenvalue weighted by Gasteiger charge is -2.09. The SMILES string of the molecule is Cc1cc(OCC(=O)NN=Cc2ccccc2O)cc(C)c1Cl. The molecular weight excluding hydrogens is 316 g/mol. The van der Waals surface area contributed by atoms with E-state index in [2.05, 4.69) is 10.5 Å². The van der Waals surface area contributed by atoms with E-state index in [9.17, 15) is 9.90 Å². The van der Waals surface area contributed by atoms with Crippen LogP contribution in [-0.4, -0.2) is 23.8 Å². The Morgan fingerprint density at radius 1 is 1.30 bits per heavy atom. The van der Waals surface area contributed by atoms with Gasteiger partial charge in [-0.15, -0.1) is 0 Å². The number of carbonyl (C=O) groups is 1. The first-order valence-corrected chi connectivity index (χ1v) is 7.34. The predicted octanol–water partition coefficient (Wildman–Crippen LogP) is 3.19. The molecule has 0 spiro atoms. The minimum Gasteiger partial charge on any atom is -0.507 e. The van der Waals surface area contributed by atoms with Gasteiger partial charge in [0.05, 0.1) is 6.21 Å². The van der Waals surface area contributed by atoms with E-state index < -0.39 is 5.91 Å². The van der Waals surface area contributed by atoms with Crippen LogP contribution in [0.2, 0.25) is 5.02 Å². The molecule has 2 rings (SSSR count). The summed E-state index contributed by atoms with van der Waals surface area (Å²) in [5.41, 5.74) is 4.63. The normalized spacial score (nSPS) is 10.7. The fourth-order valence-corrected chi connectivity index (χ4v) is 2.05. The van der Waals surface area contributed by atoms with Crippen LogP contribution in [0.1, 0.15) is 16.7 Å². The first-order valence-electron chi connectivity index (χ1n) is 6.97. The lowest BCUT2D eigenvalue weighted by Crippen LogP contribution is -2.24. The zero-order valence-electron chi connectivity index (χ0n) is 12.8.